The summed E-state index contributed by atoms with van der Waals surface area (Å²) in [6.07, 6.45) is 1.49. The highest BCUT2D eigenvalue weighted by molar-refractivity contribution is 6.30. The van der Waals surface area contributed by atoms with Crippen LogP contribution < -0.4 is 5.32 Å². The standard InChI is InChI=1S/C20H17ClFNO4/c1-12(24)15-5-7-16(8-6-15)23-20(26)13(2)27-19(25)10-4-14-3-9-18(22)17(21)11-14/h3-11,13H,1-2H3,(H,23,26)/b10-4+/t13-/m0/s1. The van der Waals surface area contributed by atoms with Gasteiger partial charge in [-0.2, -0.15) is 0 Å². The van der Waals surface area contributed by atoms with E-state index in [2.05, 4.69) is 5.32 Å². The second-order valence-electron chi connectivity index (χ2n) is 5.71. The van der Waals surface area contributed by atoms with Crippen LogP contribution in [-0.4, -0.2) is 23.8 Å². The van der Waals surface area contributed by atoms with Gasteiger partial charge in [0.1, 0.15) is 5.82 Å². The number of Topliss-reactive ketones (excluding diaryl/α,β-unsaturated/α-hetero) is 1. The molecule has 0 aliphatic carbocycles. The third-order valence-corrected chi connectivity index (χ3v) is 3.87. The minimum absolute atomic E-state index is 0.0611. The minimum atomic E-state index is -1.04. The van der Waals surface area contributed by atoms with Gasteiger partial charge in [0.25, 0.3) is 5.91 Å². The summed E-state index contributed by atoms with van der Waals surface area (Å²) in [5.74, 6) is -1.88. The van der Waals surface area contributed by atoms with Gasteiger partial charge in [-0.3, -0.25) is 9.59 Å². The average Bonchev–Trinajstić information content (AvgIpc) is 2.63. The summed E-state index contributed by atoms with van der Waals surface area (Å²) in [6.45, 7) is 2.88. The van der Waals surface area contributed by atoms with Gasteiger partial charge < -0.3 is 10.1 Å². The van der Waals surface area contributed by atoms with Crippen LogP contribution in [0.5, 0.6) is 0 Å². The molecule has 0 fully saturated rings. The maximum Gasteiger partial charge on any atom is 0.331 e. The van der Waals surface area contributed by atoms with Crippen LogP contribution in [0.25, 0.3) is 6.08 Å². The lowest BCUT2D eigenvalue weighted by atomic mass is 10.1. The summed E-state index contributed by atoms with van der Waals surface area (Å²) < 4.78 is 18.1. The van der Waals surface area contributed by atoms with E-state index in [4.69, 9.17) is 16.3 Å². The molecule has 27 heavy (non-hydrogen) atoms. The first kappa shape index (κ1) is 20.3. The quantitative estimate of drug-likeness (QED) is 0.455. The monoisotopic (exact) mass is 389 g/mol. The molecule has 0 saturated heterocycles. The van der Waals surface area contributed by atoms with E-state index < -0.39 is 23.8 Å². The number of rotatable bonds is 6. The molecule has 0 aromatic heterocycles. The molecule has 1 amide bonds. The molecule has 1 N–H and O–H groups in total. The van der Waals surface area contributed by atoms with Crippen molar-refractivity contribution in [1.82, 2.24) is 0 Å². The predicted octanol–water partition coefficient (Wildman–Crippen LogP) is 4.27. The summed E-state index contributed by atoms with van der Waals surface area (Å²) in [4.78, 5) is 35.1. The summed E-state index contributed by atoms with van der Waals surface area (Å²) in [5.41, 5.74) is 1.52. The van der Waals surface area contributed by atoms with Crippen molar-refractivity contribution in [3.8, 4) is 0 Å². The van der Waals surface area contributed by atoms with Crippen molar-refractivity contribution in [1.29, 1.82) is 0 Å². The van der Waals surface area contributed by atoms with Crippen LogP contribution in [0, 0.1) is 5.82 Å². The van der Waals surface area contributed by atoms with Crippen LogP contribution in [-0.2, 0) is 14.3 Å². The minimum Gasteiger partial charge on any atom is -0.449 e. The zero-order valence-electron chi connectivity index (χ0n) is 14.7. The molecule has 0 aliphatic rings. The number of carbonyl (C=O) groups excluding carboxylic acids is 3. The fraction of sp³-hybridized carbons (Fsp3) is 0.150. The smallest absolute Gasteiger partial charge is 0.331 e. The van der Waals surface area contributed by atoms with Gasteiger partial charge in [-0.25, -0.2) is 9.18 Å². The van der Waals surface area contributed by atoms with E-state index in [-0.39, 0.29) is 10.8 Å². The molecule has 0 radical (unpaired) electrons. The Hall–Kier alpha value is -2.99. The highest BCUT2D eigenvalue weighted by atomic mass is 35.5. The van der Waals surface area contributed by atoms with Crippen molar-refractivity contribution >= 4 is 41.0 Å². The first-order valence-electron chi connectivity index (χ1n) is 8.02. The molecule has 1 atom stereocenters. The Morgan fingerprint density at radius 1 is 1.15 bits per heavy atom. The first-order chi connectivity index (χ1) is 12.8. The number of halogens is 2. The Bertz CT molecular complexity index is 893. The fourth-order valence-corrected chi connectivity index (χ4v) is 2.27. The van der Waals surface area contributed by atoms with Crippen molar-refractivity contribution in [2.24, 2.45) is 0 Å². The normalized spacial score (nSPS) is 11.9. The Balaban J connectivity index is 1.90. The van der Waals surface area contributed by atoms with Crippen molar-refractivity contribution < 1.29 is 23.5 Å². The predicted molar refractivity (Wildman–Crippen MR) is 101 cm³/mol. The van der Waals surface area contributed by atoms with Gasteiger partial charge in [0.15, 0.2) is 11.9 Å². The number of esters is 1. The zero-order chi connectivity index (χ0) is 20.0. The number of benzene rings is 2. The van der Waals surface area contributed by atoms with Crippen LogP contribution >= 0.6 is 11.6 Å². The van der Waals surface area contributed by atoms with Gasteiger partial charge in [-0.05, 0) is 61.9 Å². The summed E-state index contributed by atoms with van der Waals surface area (Å²) in [6, 6.07) is 10.3. The third kappa shape index (κ3) is 6.04. The van der Waals surface area contributed by atoms with Crippen molar-refractivity contribution in [3.63, 3.8) is 0 Å². The average molecular weight is 390 g/mol. The van der Waals surface area contributed by atoms with Crippen LogP contribution in [0.3, 0.4) is 0 Å². The highest BCUT2D eigenvalue weighted by Crippen LogP contribution is 2.17. The number of hydrogen-bond donors (Lipinski definition) is 1. The van der Waals surface area contributed by atoms with Crippen LogP contribution in [0.4, 0.5) is 10.1 Å². The summed E-state index contributed by atoms with van der Waals surface area (Å²) in [7, 11) is 0. The van der Waals surface area contributed by atoms with Crippen LogP contribution in [0.2, 0.25) is 5.02 Å². The van der Waals surface area contributed by atoms with E-state index in [9.17, 15) is 18.8 Å². The SMILES string of the molecule is CC(=O)c1ccc(NC(=O)[C@H](C)OC(=O)/C=C/c2ccc(F)c(Cl)c2)cc1. The maximum absolute atomic E-state index is 13.1. The number of nitrogens with one attached hydrogen (secondary N) is 1. The van der Waals surface area contributed by atoms with E-state index in [1.54, 1.807) is 24.3 Å². The maximum atomic E-state index is 13.1. The lowest BCUT2D eigenvalue weighted by molar-refractivity contribution is -0.148. The van der Waals surface area contributed by atoms with Crippen LogP contribution in [0.1, 0.15) is 29.8 Å². The molecule has 2 aromatic carbocycles. The molecule has 0 saturated carbocycles. The molecule has 0 spiro atoms. The second-order valence-corrected chi connectivity index (χ2v) is 6.12. The van der Waals surface area contributed by atoms with Crippen molar-refractivity contribution in [2.75, 3.05) is 5.32 Å². The van der Waals surface area contributed by atoms with Crippen LogP contribution in [0.15, 0.2) is 48.5 Å². The number of ketones is 1. The molecule has 0 unspecified atom stereocenters. The number of carbonyl (C=O) groups is 3. The molecule has 140 valence electrons. The molecule has 2 rings (SSSR count). The van der Waals surface area contributed by atoms with Gasteiger partial charge >= 0.3 is 5.97 Å². The number of ether oxygens (including phenoxy) is 1. The Kier molecular flexibility index (Phi) is 6.85. The Labute approximate surface area is 160 Å². The van der Waals surface area contributed by atoms with E-state index in [0.717, 1.165) is 6.08 Å². The third-order valence-electron chi connectivity index (χ3n) is 3.58. The van der Waals surface area contributed by atoms with Crippen molar-refractivity contribution in [3.05, 3.63) is 70.5 Å². The molecule has 0 bridgehead atoms. The molecule has 0 aliphatic heterocycles. The topological polar surface area (TPSA) is 72.5 Å². The Morgan fingerprint density at radius 3 is 2.41 bits per heavy atom. The number of anilines is 1. The van der Waals surface area contributed by atoms with Gasteiger partial charge in [0.2, 0.25) is 0 Å². The van der Waals surface area contributed by atoms with E-state index in [0.29, 0.717) is 16.8 Å². The fourth-order valence-electron chi connectivity index (χ4n) is 2.08. The van der Waals surface area contributed by atoms with E-state index >= 15 is 0 Å². The molecule has 7 heteroatoms. The van der Waals surface area contributed by atoms with Gasteiger partial charge in [-0.15, -0.1) is 0 Å². The molecule has 5 nitrogen and oxygen atoms in total. The van der Waals surface area contributed by atoms with E-state index in [1.165, 1.54) is 38.1 Å². The lowest BCUT2D eigenvalue weighted by Gasteiger charge is -2.12. The first-order valence-corrected chi connectivity index (χ1v) is 8.39. The summed E-state index contributed by atoms with van der Waals surface area (Å²) >= 11 is 5.66. The highest BCUT2D eigenvalue weighted by Gasteiger charge is 2.16. The van der Waals surface area contributed by atoms with E-state index in [1.807, 2.05) is 0 Å². The number of amides is 1. The van der Waals surface area contributed by atoms with Crippen molar-refractivity contribution in [2.45, 2.75) is 20.0 Å². The zero-order valence-corrected chi connectivity index (χ0v) is 15.4. The molecular weight excluding hydrogens is 373 g/mol. The molecule has 0 heterocycles. The van der Waals surface area contributed by atoms with Gasteiger partial charge in [-0.1, -0.05) is 17.7 Å². The summed E-state index contributed by atoms with van der Waals surface area (Å²) in [5, 5.41) is 2.53. The molecular formula is C20H17ClFNO4. The van der Waals surface area contributed by atoms with Gasteiger partial charge in [0, 0.05) is 17.3 Å². The number of hydrogen-bond acceptors (Lipinski definition) is 4. The second kappa shape index (κ2) is 9.09. The van der Waals surface area contributed by atoms with Gasteiger partial charge in [0.05, 0.1) is 5.02 Å². The lowest BCUT2D eigenvalue weighted by Crippen LogP contribution is -2.29. The Morgan fingerprint density at radius 2 is 1.81 bits per heavy atom. The molecule has 2 aromatic rings. The largest absolute Gasteiger partial charge is 0.449 e.